The fourth-order valence-electron chi connectivity index (χ4n) is 5.21. The van der Waals surface area contributed by atoms with Gasteiger partial charge in [-0.25, -0.2) is 0 Å². The Balaban J connectivity index is 1.70. The third kappa shape index (κ3) is 5.94. The van der Waals surface area contributed by atoms with E-state index in [2.05, 4.69) is 5.32 Å². The largest absolute Gasteiger partial charge is 0.416 e. The second-order valence-electron chi connectivity index (χ2n) is 10.1. The summed E-state index contributed by atoms with van der Waals surface area (Å²) in [5.74, 6) is 0.154. The van der Waals surface area contributed by atoms with Gasteiger partial charge in [0, 0.05) is 33.2 Å². The fourth-order valence-corrected chi connectivity index (χ4v) is 5.21. The predicted octanol–water partition coefficient (Wildman–Crippen LogP) is 4.64. The molecule has 1 aromatic rings. The number of hydrogen-bond acceptors (Lipinski definition) is 4. The van der Waals surface area contributed by atoms with Crippen LogP contribution >= 0.6 is 0 Å². The molecule has 2 unspecified atom stereocenters. The van der Waals surface area contributed by atoms with E-state index in [0.29, 0.717) is 57.0 Å². The normalized spacial score (nSPS) is 27.4. The number of hydrogen-bond donors (Lipinski definition) is 1. The van der Waals surface area contributed by atoms with Crippen molar-refractivity contribution in [1.29, 1.82) is 0 Å². The number of amides is 1. The summed E-state index contributed by atoms with van der Waals surface area (Å²) in [6.07, 6.45) is -6.17. The van der Waals surface area contributed by atoms with Gasteiger partial charge in [-0.15, -0.1) is 0 Å². The van der Waals surface area contributed by atoms with Crippen molar-refractivity contribution in [1.82, 2.24) is 10.2 Å². The maximum atomic E-state index is 14.0. The van der Waals surface area contributed by atoms with E-state index in [4.69, 9.17) is 9.47 Å². The topological polar surface area (TPSA) is 50.8 Å². The number of ether oxygens (including phenoxy) is 2. The minimum atomic E-state index is -4.96. The quantitative estimate of drug-likeness (QED) is 0.520. The van der Waals surface area contributed by atoms with Crippen LogP contribution in [0.25, 0.3) is 0 Å². The maximum absolute atomic E-state index is 14.0. The fraction of sp³-hybridized carbons (Fsp3) is 0.708. The molecule has 11 heteroatoms. The summed E-state index contributed by atoms with van der Waals surface area (Å²) in [6, 6.07) is 1.49. The number of benzene rings is 1. The van der Waals surface area contributed by atoms with Crippen LogP contribution in [-0.4, -0.2) is 56.4 Å². The maximum Gasteiger partial charge on any atom is 0.416 e. The van der Waals surface area contributed by atoms with Gasteiger partial charge in [-0.05, 0) is 49.1 Å². The lowest BCUT2D eigenvalue weighted by atomic mass is 9.79. The van der Waals surface area contributed by atoms with E-state index in [1.54, 1.807) is 0 Å². The first kappa shape index (κ1) is 26.2. The Bertz CT molecular complexity index is 885. The third-order valence-corrected chi connectivity index (χ3v) is 7.36. The lowest BCUT2D eigenvalue weighted by molar-refractivity contribution is -0.147. The van der Waals surface area contributed by atoms with Gasteiger partial charge in [0.1, 0.15) is 5.60 Å². The Morgan fingerprint density at radius 2 is 1.77 bits per heavy atom. The van der Waals surface area contributed by atoms with Crippen LogP contribution in [0.2, 0.25) is 0 Å². The second-order valence-corrected chi connectivity index (χ2v) is 10.1. The highest BCUT2D eigenvalue weighted by Gasteiger charge is 2.49. The molecule has 2 saturated heterocycles. The van der Waals surface area contributed by atoms with Crippen LogP contribution in [0, 0.1) is 11.3 Å². The first-order valence-electron chi connectivity index (χ1n) is 11.8. The molecule has 1 aliphatic carbocycles. The smallest absolute Gasteiger partial charge is 0.378 e. The van der Waals surface area contributed by atoms with E-state index in [1.807, 2.05) is 0 Å². The molecule has 3 fully saturated rings. The summed E-state index contributed by atoms with van der Waals surface area (Å²) in [5, 5.41) is 3.22. The van der Waals surface area contributed by atoms with Gasteiger partial charge in [-0.2, -0.15) is 26.3 Å². The predicted molar refractivity (Wildman–Crippen MR) is 114 cm³/mol. The van der Waals surface area contributed by atoms with E-state index >= 15 is 0 Å². The Kier molecular flexibility index (Phi) is 7.16. The molecule has 0 radical (unpaired) electrons. The van der Waals surface area contributed by atoms with Crippen LogP contribution in [0.3, 0.4) is 0 Å². The van der Waals surface area contributed by atoms with Crippen LogP contribution in [0.15, 0.2) is 18.2 Å². The number of halogens is 6. The van der Waals surface area contributed by atoms with Crippen molar-refractivity contribution in [3.63, 3.8) is 0 Å². The Morgan fingerprint density at radius 3 is 2.23 bits per heavy atom. The molecule has 0 aromatic heterocycles. The zero-order valence-corrected chi connectivity index (χ0v) is 19.5. The number of carbonyl (C=O) groups excluding carboxylic acids is 1. The summed E-state index contributed by atoms with van der Waals surface area (Å²) in [7, 11) is 1.47. The highest BCUT2D eigenvalue weighted by atomic mass is 19.4. The Hall–Kier alpha value is -1.85. The molecule has 1 aromatic carbocycles. The third-order valence-electron chi connectivity index (χ3n) is 7.36. The number of nitrogens with zero attached hydrogens (tertiary/aromatic N) is 1. The van der Waals surface area contributed by atoms with Gasteiger partial charge in [-0.3, -0.25) is 4.79 Å². The summed E-state index contributed by atoms with van der Waals surface area (Å²) < 4.78 is 91.8. The van der Waals surface area contributed by atoms with Crippen molar-refractivity contribution >= 4 is 5.91 Å². The van der Waals surface area contributed by atoms with Crippen molar-refractivity contribution in [2.45, 2.75) is 56.6 Å². The monoisotopic (exact) mass is 508 g/mol. The molecule has 0 bridgehead atoms. The van der Waals surface area contributed by atoms with Crippen LogP contribution in [0.4, 0.5) is 26.3 Å². The lowest BCUT2D eigenvalue weighted by Gasteiger charge is -2.39. The highest BCUT2D eigenvalue weighted by molar-refractivity contribution is 5.83. The first-order valence-corrected chi connectivity index (χ1v) is 11.8. The van der Waals surface area contributed by atoms with Crippen molar-refractivity contribution in [2.24, 2.45) is 11.3 Å². The molecule has 196 valence electrons. The molecular weight excluding hydrogens is 478 g/mol. The van der Waals surface area contributed by atoms with Gasteiger partial charge >= 0.3 is 12.4 Å². The summed E-state index contributed by atoms with van der Waals surface area (Å²) in [5.41, 5.74) is -4.61. The second kappa shape index (κ2) is 9.55. The molecule has 3 aliphatic rings. The van der Waals surface area contributed by atoms with Crippen LogP contribution in [0.1, 0.15) is 48.8 Å². The van der Waals surface area contributed by atoms with E-state index in [1.165, 1.54) is 12.0 Å². The van der Waals surface area contributed by atoms with Crippen molar-refractivity contribution in [3.05, 3.63) is 34.9 Å². The Labute approximate surface area is 200 Å². The van der Waals surface area contributed by atoms with Gasteiger partial charge in [-0.1, -0.05) is 12.8 Å². The molecule has 35 heavy (non-hydrogen) atoms. The highest BCUT2D eigenvalue weighted by Crippen LogP contribution is 2.45. The molecule has 1 saturated carbocycles. The van der Waals surface area contributed by atoms with Crippen molar-refractivity contribution < 1.29 is 40.6 Å². The molecule has 4 rings (SSSR count). The zero-order valence-electron chi connectivity index (χ0n) is 19.5. The number of methoxy groups -OCH3 is 1. The van der Waals surface area contributed by atoms with Gasteiger partial charge in [0.05, 0.1) is 29.7 Å². The average molecular weight is 509 g/mol. The number of carbonyl (C=O) groups is 1. The summed E-state index contributed by atoms with van der Waals surface area (Å²) >= 11 is 0. The first-order chi connectivity index (χ1) is 16.4. The van der Waals surface area contributed by atoms with Gasteiger partial charge in [0.2, 0.25) is 5.91 Å². The van der Waals surface area contributed by atoms with Gasteiger partial charge in [0.15, 0.2) is 0 Å². The molecule has 0 spiro atoms. The van der Waals surface area contributed by atoms with Crippen molar-refractivity contribution in [3.8, 4) is 0 Å². The number of rotatable bonds is 8. The molecule has 1 N–H and O–H groups in total. The van der Waals surface area contributed by atoms with E-state index in [9.17, 15) is 31.1 Å². The number of nitrogens with one attached hydrogen (secondary N) is 1. The lowest BCUT2D eigenvalue weighted by Crippen LogP contribution is -2.52. The van der Waals surface area contributed by atoms with Gasteiger partial charge in [0.25, 0.3) is 0 Å². The van der Waals surface area contributed by atoms with E-state index in [0.717, 1.165) is 12.8 Å². The molecule has 2 heterocycles. The summed E-state index contributed by atoms with van der Waals surface area (Å²) in [6.45, 7) is 1.29. The van der Waals surface area contributed by atoms with Crippen LogP contribution in [0.5, 0.6) is 0 Å². The van der Waals surface area contributed by atoms with Gasteiger partial charge < -0.3 is 19.7 Å². The minimum absolute atomic E-state index is 0.0202. The number of alkyl halides is 6. The standard InChI is InChI=1S/C24H30F6N2O3/c1-34-22(5-7-35-15-22)14-32(20(33)21(4-6-31-13-21)11-16-2-3-16)12-17-8-18(23(25,26)27)10-19(9-17)24(28,29)30/h8-10,16,31H,2-7,11-15H2,1H3. The molecular formula is C24H30F6N2O3. The van der Waals surface area contributed by atoms with Crippen LogP contribution < -0.4 is 5.32 Å². The molecule has 5 nitrogen and oxygen atoms in total. The molecule has 2 aliphatic heterocycles. The van der Waals surface area contributed by atoms with Crippen LogP contribution in [-0.2, 0) is 33.2 Å². The Morgan fingerprint density at radius 1 is 1.11 bits per heavy atom. The zero-order chi connectivity index (χ0) is 25.5. The van der Waals surface area contributed by atoms with E-state index in [-0.39, 0.29) is 37.2 Å². The van der Waals surface area contributed by atoms with Crippen molar-refractivity contribution in [2.75, 3.05) is 40.0 Å². The van der Waals surface area contributed by atoms with E-state index < -0.39 is 34.5 Å². The summed E-state index contributed by atoms with van der Waals surface area (Å²) in [4.78, 5) is 15.4. The molecule has 2 atom stereocenters. The molecule has 1 amide bonds. The minimum Gasteiger partial charge on any atom is -0.378 e. The SMILES string of the molecule is COC1(CN(Cc2cc(C(F)(F)F)cc(C(F)(F)F)c2)C(=O)C2(CC3CC3)CCNC2)CCOC1. The average Bonchev–Trinajstić information content (AvgIpc) is 3.26.